The molecular weight excluding hydrogens is 316 g/mol. The third kappa shape index (κ3) is 5.79. The summed E-state index contributed by atoms with van der Waals surface area (Å²) < 4.78 is 5.23. The van der Waals surface area contributed by atoms with Crippen LogP contribution in [0.4, 0.5) is 0 Å². The molecule has 6 heteroatoms. The Morgan fingerprint density at radius 2 is 1.96 bits per heavy atom. The van der Waals surface area contributed by atoms with E-state index in [9.17, 15) is 9.59 Å². The smallest absolute Gasteiger partial charge is 0.222 e. The molecule has 23 heavy (non-hydrogen) atoms. The molecule has 2 rings (SSSR count). The lowest BCUT2D eigenvalue weighted by molar-refractivity contribution is -0.130. The van der Waals surface area contributed by atoms with Gasteiger partial charge in [0.2, 0.25) is 11.8 Å². The van der Waals surface area contributed by atoms with E-state index in [0.717, 1.165) is 5.56 Å². The third-order valence-corrected chi connectivity index (χ3v) is 3.64. The van der Waals surface area contributed by atoms with E-state index in [1.54, 1.807) is 35.4 Å². The van der Waals surface area contributed by atoms with E-state index in [2.05, 4.69) is 5.32 Å². The normalized spacial score (nSPS) is 10.3. The molecule has 1 aromatic carbocycles. The number of rotatable bonds is 7. The van der Waals surface area contributed by atoms with Gasteiger partial charge in [-0.05, 0) is 29.8 Å². The van der Waals surface area contributed by atoms with Gasteiger partial charge in [0.1, 0.15) is 5.76 Å². The summed E-state index contributed by atoms with van der Waals surface area (Å²) in [5, 5.41) is 3.49. The summed E-state index contributed by atoms with van der Waals surface area (Å²) in [4.78, 5) is 25.1. The number of carbonyl (C=O) groups is 2. The molecule has 1 aromatic heterocycles. The Hall–Kier alpha value is -2.27. The van der Waals surface area contributed by atoms with Gasteiger partial charge in [-0.25, -0.2) is 0 Å². The summed E-state index contributed by atoms with van der Waals surface area (Å²) in [5.41, 5.74) is 0.974. The molecule has 0 atom stereocenters. The highest BCUT2D eigenvalue weighted by molar-refractivity contribution is 6.30. The first kappa shape index (κ1) is 17.1. The van der Waals surface area contributed by atoms with Crippen LogP contribution in [-0.4, -0.2) is 23.3 Å². The van der Waals surface area contributed by atoms with Gasteiger partial charge in [0.25, 0.3) is 0 Å². The Balaban J connectivity index is 1.77. The van der Waals surface area contributed by atoms with Crippen molar-refractivity contribution in [2.75, 3.05) is 6.54 Å². The first-order chi connectivity index (χ1) is 11.0. The largest absolute Gasteiger partial charge is 0.467 e. The Kier molecular flexibility index (Phi) is 6.23. The maximum Gasteiger partial charge on any atom is 0.222 e. The van der Waals surface area contributed by atoms with E-state index >= 15 is 0 Å². The summed E-state index contributed by atoms with van der Waals surface area (Å²) in [6.45, 7) is 2.64. The first-order valence-electron chi connectivity index (χ1n) is 7.33. The van der Waals surface area contributed by atoms with Gasteiger partial charge in [0, 0.05) is 31.5 Å². The second kappa shape index (κ2) is 8.39. The van der Waals surface area contributed by atoms with Crippen LogP contribution in [0.2, 0.25) is 5.02 Å². The minimum Gasteiger partial charge on any atom is -0.467 e. The predicted molar refractivity (Wildman–Crippen MR) is 87.7 cm³/mol. The summed E-state index contributed by atoms with van der Waals surface area (Å²) in [5.74, 6) is 0.499. The van der Waals surface area contributed by atoms with Crippen molar-refractivity contribution in [1.82, 2.24) is 10.2 Å². The van der Waals surface area contributed by atoms with Crippen LogP contribution < -0.4 is 5.32 Å². The van der Waals surface area contributed by atoms with Crippen LogP contribution in [0.5, 0.6) is 0 Å². The zero-order chi connectivity index (χ0) is 16.7. The molecule has 122 valence electrons. The molecule has 0 aliphatic heterocycles. The molecule has 5 nitrogen and oxygen atoms in total. The monoisotopic (exact) mass is 334 g/mol. The number of nitrogens with one attached hydrogen (secondary N) is 1. The predicted octanol–water partition coefficient (Wildman–Crippen LogP) is 2.99. The first-order valence-corrected chi connectivity index (χ1v) is 7.71. The van der Waals surface area contributed by atoms with Gasteiger partial charge >= 0.3 is 0 Å². The number of hydrogen-bond acceptors (Lipinski definition) is 3. The molecule has 0 saturated heterocycles. The number of amides is 2. The van der Waals surface area contributed by atoms with Crippen LogP contribution in [0.25, 0.3) is 0 Å². The fourth-order valence-corrected chi connectivity index (χ4v) is 2.19. The Morgan fingerprint density at radius 1 is 1.22 bits per heavy atom. The SMILES string of the molecule is CC(=O)N(CCC(=O)NCc1ccc(Cl)cc1)Cc1ccco1. The van der Waals surface area contributed by atoms with E-state index in [-0.39, 0.29) is 18.2 Å². The summed E-state index contributed by atoms with van der Waals surface area (Å²) in [6, 6.07) is 10.9. The Morgan fingerprint density at radius 3 is 2.57 bits per heavy atom. The van der Waals surface area contributed by atoms with Gasteiger partial charge in [-0.3, -0.25) is 9.59 Å². The molecule has 0 spiro atoms. The highest BCUT2D eigenvalue weighted by atomic mass is 35.5. The number of carbonyl (C=O) groups excluding carboxylic acids is 2. The van der Waals surface area contributed by atoms with E-state index in [1.807, 2.05) is 12.1 Å². The van der Waals surface area contributed by atoms with Crippen LogP contribution in [0.3, 0.4) is 0 Å². The lowest BCUT2D eigenvalue weighted by atomic mass is 10.2. The van der Waals surface area contributed by atoms with Crippen molar-refractivity contribution in [3.8, 4) is 0 Å². The fourth-order valence-electron chi connectivity index (χ4n) is 2.07. The molecule has 1 heterocycles. The molecule has 0 fully saturated rings. The van der Waals surface area contributed by atoms with Crippen molar-refractivity contribution in [3.05, 3.63) is 59.0 Å². The maximum atomic E-state index is 11.9. The number of furan rings is 1. The van der Waals surface area contributed by atoms with Crippen molar-refractivity contribution in [3.63, 3.8) is 0 Å². The average molecular weight is 335 g/mol. The summed E-state index contributed by atoms with van der Waals surface area (Å²) in [6.07, 6.45) is 1.81. The third-order valence-electron chi connectivity index (χ3n) is 3.38. The number of hydrogen-bond donors (Lipinski definition) is 1. The highest BCUT2D eigenvalue weighted by Crippen LogP contribution is 2.09. The van der Waals surface area contributed by atoms with Gasteiger partial charge in [0.05, 0.1) is 12.8 Å². The van der Waals surface area contributed by atoms with Crippen LogP contribution >= 0.6 is 11.6 Å². The van der Waals surface area contributed by atoms with E-state index in [0.29, 0.717) is 30.4 Å². The number of nitrogens with zero attached hydrogens (tertiary/aromatic N) is 1. The minimum absolute atomic E-state index is 0.0908. The average Bonchev–Trinajstić information content (AvgIpc) is 3.03. The van der Waals surface area contributed by atoms with Crippen LogP contribution in [0.15, 0.2) is 47.1 Å². The van der Waals surface area contributed by atoms with Crippen LogP contribution in [0, 0.1) is 0 Å². The van der Waals surface area contributed by atoms with Crippen molar-refractivity contribution < 1.29 is 14.0 Å². The van der Waals surface area contributed by atoms with Gasteiger partial charge in [-0.2, -0.15) is 0 Å². The zero-order valence-corrected chi connectivity index (χ0v) is 13.7. The zero-order valence-electron chi connectivity index (χ0n) is 12.9. The maximum absolute atomic E-state index is 11.9. The van der Waals surface area contributed by atoms with Crippen molar-refractivity contribution in [1.29, 1.82) is 0 Å². The molecule has 0 aliphatic carbocycles. The van der Waals surface area contributed by atoms with Crippen LogP contribution in [-0.2, 0) is 22.7 Å². The molecule has 1 N–H and O–H groups in total. The van der Waals surface area contributed by atoms with E-state index in [1.165, 1.54) is 6.92 Å². The molecule has 0 aliphatic rings. The Labute approximate surface area is 140 Å². The lowest BCUT2D eigenvalue weighted by Gasteiger charge is -2.19. The minimum atomic E-state index is -0.106. The summed E-state index contributed by atoms with van der Waals surface area (Å²) in [7, 11) is 0. The molecule has 0 radical (unpaired) electrons. The van der Waals surface area contributed by atoms with Crippen molar-refractivity contribution in [2.24, 2.45) is 0 Å². The number of benzene rings is 1. The van der Waals surface area contributed by atoms with E-state index < -0.39 is 0 Å². The van der Waals surface area contributed by atoms with Gasteiger partial charge in [-0.15, -0.1) is 0 Å². The van der Waals surface area contributed by atoms with Crippen molar-refractivity contribution in [2.45, 2.75) is 26.4 Å². The van der Waals surface area contributed by atoms with Gasteiger partial charge in [0.15, 0.2) is 0 Å². The molecule has 2 aromatic rings. The summed E-state index contributed by atoms with van der Waals surface area (Å²) >= 11 is 5.81. The lowest BCUT2D eigenvalue weighted by Crippen LogP contribution is -2.33. The molecule has 0 bridgehead atoms. The Bertz CT molecular complexity index is 638. The molecular formula is C17H19ClN2O3. The number of halogens is 1. The highest BCUT2D eigenvalue weighted by Gasteiger charge is 2.13. The molecule has 0 saturated carbocycles. The topological polar surface area (TPSA) is 62.6 Å². The molecule has 0 unspecified atom stereocenters. The fraction of sp³-hybridized carbons (Fsp3) is 0.294. The second-order valence-corrected chi connectivity index (χ2v) is 5.61. The standard InChI is InChI=1S/C17H19ClN2O3/c1-13(21)20(12-16-3-2-10-23-16)9-8-17(22)19-11-14-4-6-15(18)7-5-14/h2-7,10H,8-9,11-12H2,1H3,(H,19,22). The van der Waals surface area contributed by atoms with Gasteiger partial charge < -0.3 is 14.6 Å². The van der Waals surface area contributed by atoms with Gasteiger partial charge in [-0.1, -0.05) is 23.7 Å². The van der Waals surface area contributed by atoms with Crippen LogP contribution in [0.1, 0.15) is 24.7 Å². The quantitative estimate of drug-likeness (QED) is 0.846. The molecule has 2 amide bonds. The second-order valence-electron chi connectivity index (χ2n) is 5.17. The van der Waals surface area contributed by atoms with E-state index in [4.69, 9.17) is 16.0 Å². The van der Waals surface area contributed by atoms with Crippen molar-refractivity contribution >= 4 is 23.4 Å².